The van der Waals surface area contributed by atoms with Crippen molar-refractivity contribution in [1.29, 1.82) is 0 Å². The average molecular weight is 454 g/mol. The molecular weight excluding hydrogens is 422 g/mol. The molecule has 1 aliphatic carbocycles. The first-order valence-electron chi connectivity index (χ1n) is 11.5. The fourth-order valence-electron chi connectivity index (χ4n) is 4.34. The van der Waals surface area contributed by atoms with Crippen molar-refractivity contribution in [2.24, 2.45) is 0 Å². The van der Waals surface area contributed by atoms with Gasteiger partial charge in [-0.05, 0) is 81.7 Å². The summed E-state index contributed by atoms with van der Waals surface area (Å²) in [6.45, 7) is 7.83. The van der Waals surface area contributed by atoms with Gasteiger partial charge in [0.1, 0.15) is 11.4 Å². The molecule has 1 aliphatic rings. The number of aryl methyl sites for hydroxylation is 4. The fraction of sp³-hybridized carbons (Fsp3) is 0.480. The lowest BCUT2D eigenvalue weighted by Crippen LogP contribution is -2.43. The van der Waals surface area contributed by atoms with Crippen molar-refractivity contribution in [3.05, 3.63) is 60.6 Å². The second kappa shape index (κ2) is 9.06. The van der Waals surface area contributed by atoms with E-state index in [9.17, 15) is 14.4 Å². The SMILES string of the molecule is CC[C@H](C)NC(=O)Cn1c(=O)n(-c2ccc(C)c(C)c2)c(=O)c2c3c(sc21)CCCCC3. The number of benzene rings is 1. The lowest BCUT2D eigenvalue weighted by Gasteiger charge is -2.15. The van der Waals surface area contributed by atoms with Crippen molar-refractivity contribution in [2.45, 2.75) is 78.8 Å². The highest BCUT2D eigenvalue weighted by molar-refractivity contribution is 7.18. The van der Waals surface area contributed by atoms with Gasteiger partial charge in [0.25, 0.3) is 5.56 Å². The largest absolute Gasteiger partial charge is 0.352 e. The Balaban J connectivity index is 1.98. The van der Waals surface area contributed by atoms with E-state index in [-0.39, 0.29) is 24.1 Å². The maximum absolute atomic E-state index is 13.7. The molecule has 1 aromatic carbocycles. The van der Waals surface area contributed by atoms with Gasteiger partial charge < -0.3 is 5.32 Å². The Hall–Kier alpha value is -2.67. The zero-order valence-electron chi connectivity index (χ0n) is 19.3. The Morgan fingerprint density at radius 3 is 2.59 bits per heavy atom. The number of rotatable bonds is 5. The number of aromatic nitrogens is 2. The van der Waals surface area contributed by atoms with Crippen LogP contribution in [0, 0.1) is 13.8 Å². The van der Waals surface area contributed by atoms with E-state index in [0.717, 1.165) is 55.2 Å². The van der Waals surface area contributed by atoms with E-state index in [2.05, 4.69) is 5.32 Å². The lowest BCUT2D eigenvalue weighted by atomic mass is 10.1. The van der Waals surface area contributed by atoms with Crippen LogP contribution in [0.2, 0.25) is 0 Å². The predicted octanol–water partition coefficient (Wildman–Crippen LogP) is 4.01. The molecule has 0 saturated carbocycles. The predicted molar refractivity (Wildman–Crippen MR) is 130 cm³/mol. The molecule has 0 saturated heterocycles. The van der Waals surface area contributed by atoms with Crippen molar-refractivity contribution in [1.82, 2.24) is 14.5 Å². The molecule has 0 radical (unpaired) electrons. The standard InChI is InChI=1S/C25H31N3O3S/c1-5-17(4)26-21(29)14-27-24-22(19-9-7-6-8-10-20(19)32-24)23(30)28(25(27)31)18-12-11-15(2)16(3)13-18/h11-13,17H,5-10,14H2,1-4H3,(H,26,29)/t17-/m0/s1. The van der Waals surface area contributed by atoms with E-state index >= 15 is 0 Å². The lowest BCUT2D eigenvalue weighted by molar-refractivity contribution is -0.122. The summed E-state index contributed by atoms with van der Waals surface area (Å²) in [5.74, 6) is -0.211. The minimum absolute atomic E-state index is 0.0272. The van der Waals surface area contributed by atoms with Crippen LogP contribution in [0.15, 0.2) is 27.8 Å². The minimum Gasteiger partial charge on any atom is -0.352 e. The Morgan fingerprint density at radius 2 is 1.88 bits per heavy atom. The van der Waals surface area contributed by atoms with Crippen LogP contribution in [0.3, 0.4) is 0 Å². The molecule has 2 aromatic heterocycles. The van der Waals surface area contributed by atoms with Gasteiger partial charge in [0.15, 0.2) is 0 Å². The normalized spacial score (nSPS) is 14.8. The third kappa shape index (κ3) is 4.06. The quantitative estimate of drug-likeness (QED) is 0.593. The highest BCUT2D eigenvalue weighted by Crippen LogP contribution is 2.33. The van der Waals surface area contributed by atoms with Crippen LogP contribution in [0.5, 0.6) is 0 Å². The number of fused-ring (bicyclic) bond motifs is 3. The highest BCUT2D eigenvalue weighted by Gasteiger charge is 2.24. The summed E-state index contributed by atoms with van der Waals surface area (Å²) in [6.07, 6.45) is 5.84. The van der Waals surface area contributed by atoms with Crippen molar-refractivity contribution >= 4 is 27.5 Å². The number of hydrogen-bond donors (Lipinski definition) is 1. The second-order valence-electron chi connectivity index (χ2n) is 8.90. The third-order valence-corrected chi connectivity index (χ3v) is 7.87. The average Bonchev–Trinajstić information content (AvgIpc) is 2.96. The summed E-state index contributed by atoms with van der Waals surface area (Å²) >= 11 is 1.51. The van der Waals surface area contributed by atoms with Gasteiger partial charge in [0.05, 0.1) is 11.1 Å². The summed E-state index contributed by atoms with van der Waals surface area (Å²) < 4.78 is 2.76. The van der Waals surface area contributed by atoms with Crippen LogP contribution >= 0.6 is 11.3 Å². The van der Waals surface area contributed by atoms with Crippen LogP contribution < -0.4 is 16.6 Å². The minimum atomic E-state index is -0.457. The van der Waals surface area contributed by atoms with Crippen LogP contribution in [0.1, 0.15) is 61.1 Å². The van der Waals surface area contributed by atoms with Crippen molar-refractivity contribution in [2.75, 3.05) is 0 Å². The molecule has 0 bridgehead atoms. The van der Waals surface area contributed by atoms with E-state index in [1.165, 1.54) is 25.3 Å². The smallest absolute Gasteiger partial charge is 0.337 e. The maximum Gasteiger partial charge on any atom is 0.337 e. The van der Waals surface area contributed by atoms with E-state index in [4.69, 9.17) is 0 Å². The Bertz CT molecular complexity index is 1300. The summed E-state index contributed by atoms with van der Waals surface area (Å²) in [4.78, 5) is 41.9. The molecule has 4 rings (SSSR count). The van der Waals surface area contributed by atoms with E-state index < -0.39 is 5.69 Å². The first-order chi connectivity index (χ1) is 15.3. The Morgan fingerprint density at radius 1 is 1.12 bits per heavy atom. The first kappa shape index (κ1) is 22.5. The van der Waals surface area contributed by atoms with Gasteiger partial charge in [-0.3, -0.25) is 14.2 Å². The van der Waals surface area contributed by atoms with Gasteiger partial charge in [0, 0.05) is 10.9 Å². The Labute approximate surface area is 191 Å². The van der Waals surface area contributed by atoms with Crippen molar-refractivity contribution < 1.29 is 4.79 Å². The zero-order valence-corrected chi connectivity index (χ0v) is 20.1. The summed E-state index contributed by atoms with van der Waals surface area (Å²) in [7, 11) is 0. The van der Waals surface area contributed by atoms with Gasteiger partial charge >= 0.3 is 5.69 Å². The maximum atomic E-state index is 13.7. The van der Waals surface area contributed by atoms with E-state index in [1.807, 2.05) is 45.9 Å². The van der Waals surface area contributed by atoms with Gasteiger partial charge in [-0.25, -0.2) is 9.36 Å². The number of carbonyl (C=O) groups is 1. The highest BCUT2D eigenvalue weighted by atomic mass is 32.1. The van der Waals surface area contributed by atoms with Crippen molar-refractivity contribution in [3.63, 3.8) is 0 Å². The van der Waals surface area contributed by atoms with Crippen LogP contribution in [-0.2, 0) is 24.2 Å². The number of nitrogens with zero attached hydrogens (tertiary/aromatic N) is 2. The number of thiophene rings is 1. The second-order valence-corrected chi connectivity index (χ2v) is 9.98. The molecule has 0 spiro atoms. The fourth-order valence-corrected chi connectivity index (χ4v) is 5.72. The van der Waals surface area contributed by atoms with Gasteiger partial charge in [-0.15, -0.1) is 11.3 Å². The monoisotopic (exact) mass is 453 g/mol. The van der Waals surface area contributed by atoms with Crippen molar-refractivity contribution in [3.8, 4) is 5.69 Å². The molecule has 0 unspecified atom stereocenters. The third-order valence-electron chi connectivity index (χ3n) is 6.56. The van der Waals surface area contributed by atoms with E-state index in [1.54, 1.807) is 0 Å². The van der Waals surface area contributed by atoms with Crippen LogP contribution in [-0.4, -0.2) is 21.1 Å². The summed E-state index contributed by atoms with van der Waals surface area (Å²) in [5, 5.41) is 3.56. The molecule has 1 atom stereocenters. The Kier molecular flexibility index (Phi) is 6.38. The molecule has 7 heteroatoms. The molecule has 0 fully saturated rings. The number of hydrogen-bond acceptors (Lipinski definition) is 4. The van der Waals surface area contributed by atoms with E-state index in [0.29, 0.717) is 15.9 Å². The number of nitrogens with one attached hydrogen (secondary N) is 1. The molecule has 1 N–H and O–H groups in total. The number of carbonyl (C=O) groups excluding carboxylic acids is 1. The molecule has 6 nitrogen and oxygen atoms in total. The summed E-state index contributed by atoms with van der Waals surface area (Å²) in [6, 6.07) is 5.64. The molecule has 2 heterocycles. The first-order valence-corrected chi connectivity index (χ1v) is 12.3. The molecular formula is C25H31N3O3S. The van der Waals surface area contributed by atoms with Crippen LogP contribution in [0.25, 0.3) is 15.9 Å². The molecule has 1 amide bonds. The molecule has 3 aromatic rings. The van der Waals surface area contributed by atoms with Crippen LogP contribution in [0.4, 0.5) is 0 Å². The summed E-state index contributed by atoms with van der Waals surface area (Å²) in [5.41, 5.74) is 3.00. The van der Waals surface area contributed by atoms with Gasteiger partial charge in [-0.1, -0.05) is 19.4 Å². The van der Waals surface area contributed by atoms with Gasteiger partial charge in [0.2, 0.25) is 5.91 Å². The number of amides is 1. The van der Waals surface area contributed by atoms with Gasteiger partial charge in [-0.2, -0.15) is 0 Å². The molecule has 170 valence electrons. The molecule has 0 aliphatic heterocycles. The zero-order chi connectivity index (χ0) is 23.0. The molecule has 32 heavy (non-hydrogen) atoms. The topological polar surface area (TPSA) is 73.1 Å².